The molecule has 0 radical (unpaired) electrons. The first-order valence-electron chi connectivity index (χ1n) is 12.8. The lowest BCUT2D eigenvalue weighted by Gasteiger charge is -2.17. The predicted octanol–water partition coefficient (Wildman–Crippen LogP) is 5.94. The zero-order valence-electron chi connectivity index (χ0n) is 20.2. The molecule has 178 valence electrons. The van der Waals surface area contributed by atoms with Crippen LogP contribution in [0.15, 0.2) is 73.3 Å². The number of aryl methyl sites for hydroxylation is 1. The summed E-state index contributed by atoms with van der Waals surface area (Å²) < 4.78 is 2.16. The Morgan fingerprint density at radius 2 is 1.89 bits per heavy atom. The van der Waals surface area contributed by atoms with Crippen molar-refractivity contribution in [2.75, 3.05) is 5.32 Å². The van der Waals surface area contributed by atoms with E-state index in [4.69, 9.17) is 4.98 Å². The van der Waals surface area contributed by atoms with Crippen molar-refractivity contribution < 1.29 is 4.79 Å². The molecule has 0 atom stereocenters. The number of nitrogens with zero attached hydrogens (tertiary/aromatic N) is 4. The van der Waals surface area contributed by atoms with Gasteiger partial charge in [0, 0.05) is 46.6 Å². The van der Waals surface area contributed by atoms with E-state index < -0.39 is 0 Å². The van der Waals surface area contributed by atoms with E-state index in [2.05, 4.69) is 69.2 Å². The molecule has 2 aliphatic carbocycles. The van der Waals surface area contributed by atoms with Crippen LogP contribution in [0, 0.1) is 5.92 Å². The Kier molecular flexibility index (Phi) is 4.71. The maximum absolute atomic E-state index is 12.3. The minimum atomic E-state index is -0.0463. The van der Waals surface area contributed by atoms with Gasteiger partial charge in [-0.2, -0.15) is 0 Å². The van der Waals surface area contributed by atoms with E-state index in [1.807, 2.05) is 30.7 Å². The Hall–Kier alpha value is -4.06. The number of carbonyl (C=O) groups is 1. The Morgan fingerprint density at radius 1 is 1.03 bits per heavy atom. The SMILES string of the molecule is CCc1cc(-c2cnc3ncc(C4(c5ccc6ncccc6c5)CC4)n3c2)ccc1NC(=O)C1CC1. The monoisotopic (exact) mass is 473 g/mol. The lowest BCUT2D eigenvalue weighted by Crippen LogP contribution is -2.14. The lowest BCUT2D eigenvalue weighted by molar-refractivity contribution is -0.117. The maximum atomic E-state index is 12.3. The number of anilines is 1. The Balaban J connectivity index is 1.26. The molecule has 0 unspecified atom stereocenters. The first-order valence-corrected chi connectivity index (χ1v) is 12.8. The van der Waals surface area contributed by atoms with Crippen LogP contribution in [0.5, 0.6) is 0 Å². The van der Waals surface area contributed by atoms with Gasteiger partial charge in [-0.05, 0) is 79.1 Å². The van der Waals surface area contributed by atoms with E-state index in [9.17, 15) is 4.79 Å². The summed E-state index contributed by atoms with van der Waals surface area (Å²) in [7, 11) is 0. The molecule has 5 aromatic rings. The molecule has 2 fully saturated rings. The highest BCUT2D eigenvalue weighted by atomic mass is 16.2. The molecular weight excluding hydrogens is 446 g/mol. The van der Waals surface area contributed by atoms with Crippen LogP contribution in [-0.4, -0.2) is 25.3 Å². The number of amides is 1. The molecule has 1 N–H and O–H groups in total. The van der Waals surface area contributed by atoms with Crippen LogP contribution in [0.1, 0.15) is 49.4 Å². The molecule has 0 aliphatic heterocycles. The number of nitrogens with one attached hydrogen (secondary N) is 1. The van der Waals surface area contributed by atoms with Gasteiger partial charge in [0.2, 0.25) is 11.7 Å². The topological polar surface area (TPSA) is 72.2 Å². The molecule has 2 aromatic carbocycles. The van der Waals surface area contributed by atoms with Gasteiger partial charge in [0.25, 0.3) is 0 Å². The summed E-state index contributed by atoms with van der Waals surface area (Å²) in [4.78, 5) is 26.1. The van der Waals surface area contributed by atoms with Crippen molar-refractivity contribution in [1.82, 2.24) is 19.4 Å². The normalized spacial score (nSPS) is 16.4. The third-order valence-corrected chi connectivity index (χ3v) is 7.79. The summed E-state index contributed by atoms with van der Waals surface area (Å²) in [6, 6.07) is 17.0. The molecule has 1 amide bonds. The van der Waals surface area contributed by atoms with Crippen molar-refractivity contribution >= 4 is 28.3 Å². The van der Waals surface area contributed by atoms with Gasteiger partial charge >= 0.3 is 0 Å². The first-order chi connectivity index (χ1) is 17.6. The third kappa shape index (κ3) is 3.48. The Morgan fingerprint density at radius 3 is 2.69 bits per heavy atom. The van der Waals surface area contributed by atoms with Crippen LogP contribution in [0.2, 0.25) is 0 Å². The average molecular weight is 474 g/mol. The Bertz CT molecular complexity index is 1640. The van der Waals surface area contributed by atoms with Crippen LogP contribution >= 0.6 is 0 Å². The second-order valence-corrected chi connectivity index (χ2v) is 10.1. The zero-order valence-corrected chi connectivity index (χ0v) is 20.2. The molecule has 36 heavy (non-hydrogen) atoms. The minimum Gasteiger partial charge on any atom is -0.326 e. The first kappa shape index (κ1) is 21.2. The fourth-order valence-corrected chi connectivity index (χ4v) is 5.34. The van der Waals surface area contributed by atoms with Crippen LogP contribution in [0.3, 0.4) is 0 Å². The molecule has 3 aromatic heterocycles. The second kappa shape index (κ2) is 7.98. The third-order valence-electron chi connectivity index (χ3n) is 7.79. The van der Waals surface area contributed by atoms with Crippen LogP contribution in [0.25, 0.3) is 27.8 Å². The highest BCUT2D eigenvalue weighted by Gasteiger charge is 2.48. The molecule has 7 rings (SSSR count). The molecule has 3 heterocycles. The van der Waals surface area contributed by atoms with E-state index in [-0.39, 0.29) is 17.2 Å². The number of hydrogen-bond acceptors (Lipinski definition) is 4. The molecule has 6 heteroatoms. The van der Waals surface area contributed by atoms with Gasteiger partial charge in [-0.25, -0.2) is 9.97 Å². The lowest BCUT2D eigenvalue weighted by atomic mass is 9.91. The smallest absolute Gasteiger partial charge is 0.233 e. The van der Waals surface area contributed by atoms with Crippen molar-refractivity contribution in [2.45, 2.75) is 44.4 Å². The maximum Gasteiger partial charge on any atom is 0.233 e. The van der Waals surface area contributed by atoms with Gasteiger partial charge in [0.1, 0.15) is 0 Å². The number of imidazole rings is 1. The number of carbonyl (C=O) groups excluding carboxylic acids is 1. The van der Waals surface area contributed by atoms with Crippen molar-refractivity contribution in [3.8, 4) is 11.1 Å². The van der Waals surface area contributed by atoms with Gasteiger partial charge in [0.15, 0.2) is 0 Å². The highest BCUT2D eigenvalue weighted by Crippen LogP contribution is 2.53. The molecule has 6 nitrogen and oxygen atoms in total. The van der Waals surface area contributed by atoms with E-state index in [0.717, 1.165) is 65.4 Å². The molecule has 2 aliphatic rings. The largest absolute Gasteiger partial charge is 0.326 e. The number of hydrogen-bond donors (Lipinski definition) is 1. The van der Waals surface area contributed by atoms with E-state index in [1.165, 1.54) is 11.3 Å². The van der Waals surface area contributed by atoms with Crippen molar-refractivity contribution in [1.29, 1.82) is 0 Å². The molecule has 0 spiro atoms. The molecule has 0 bridgehead atoms. The fourth-order valence-electron chi connectivity index (χ4n) is 5.34. The summed E-state index contributed by atoms with van der Waals surface area (Å²) in [5.41, 5.74) is 7.63. The summed E-state index contributed by atoms with van der Waals surface area (Å²) in [6.07, 6.45) is 12.9. The number of pyridine rings is 1. The van der Waals surface area contributed by atoms with Crippen LogP contribution in [0.4, 0.5) is 5.69 Å². The van der Waals surface area contributed by atoms with Crippen LogP contribution < -0.4 is 5.32 Å². The number of fused-ring (bicyclic) bond motifs is 2. The van der Waals surface area contributed by atoms with E-state index in [1.54, 1.807) is 0 Å². The highest BCUT2D eigenvalue weighted by molar-refractivity contribution is 5.95. The standard InChI is InChI=1S/C30H27N5O/c1-2-19-14-21(7-9-26(19)34-28(36)20-5-6-20)23-16-32-29-33-17-27(35(29)18-23)30(11-12-30)24-8-10-25-22(15-24)4-3-13-31-25/h3-4,7-10,13-18,20H,2,5-6,11-12H2,1H3,(H,34,36). The molecular formula is C30H27N5O. The average Bonchev–Trinajstić information content (AvgIpc) is 3.86. The summed E-state index contributed by atoms with van der Waals surface area (Å²) >= 11 is 0. The van der Waals surface area contributed by atoms with Gasteiger partial charge in [-0.1, -0.05) is 25.1 Å². The van der Waals surface area contributed by atoms with Crippen molar-refractivity contribution in [2.24, 2.45) is 5.92 Å². The quantitative estimate of drug-likeness (QED) is 0.331. The van der Waals surface area contributed by atoms with Crippen molar-refractivity contribution in [3.63, 3.8) is 0 Å². The molecule has 0 saturated heterocycles. The zero-order chi connectivity index (χ0) is 24.3. The minimum absolute atomic E-state index is 0.0463. The predicted molar refractivity (Wildman–Crippen MR) is 141 cm³/mol. The summed E-state index contributed by atoms with van der Waals surface area (Å²) in [6.45, 7) is 2.12. The fraction of sp³-hybridized carbons (Fsp3) is 0.267. The van der Waals surface area contributed by atoms with Gasteiger partial charge in [-0.15, -0.1) is 0 Å². The number of aromatic nitrogens is 4. The Labute approximate surface area is 209 Å². The number of benzene rings is 2. The van der Waals surface area contributed by atoms with Gasteiger partial charge in [-0.3, -0.25) is 14.2 Å². The summed E-state index contributed by atoms with van der Waals surface area (Å²) in [5.74, 6) is 1.04. The van der Waals surface area contributed by atoms with E-state index in [0.29, 0.717) is 5.78 Å². The van der Waals surface area contributed by atoms with Gasteiger partial charge in [0.05, 0.1) is 17.4 Å². The molecule has 2 saturated carbocycles. The van der Waals surface area contributed by atoms with E-state index >= 15 is 0 Å². The second-order valence-electron chi connectivity index (χ2n) is 10.1. The van der Waals surface area contributed by atoms with Gasteiger partial charge < -0.3 is 5.32 Å². The van der Waals surface area contributed by atoms with Crippen LogP contribution in [-0.2, 0) is 16.6 Å². The number of rotatable bonds is 6. The summed E-state index contributed by atoms with van der Waals surface area (Å²) in [5, 5.41) is 4.28. The van der Waals surface area contributed by atoms with Crippen molar-refractivity contribution in [3.05, 3.63) is 90.1 Å².